The van der Waals surface area contributed by atoms with Crippen LogP contribution in [0.1, 0.15) is 30.9 Å². The average molecular weight is 267 g/mol. The van der Waals surface area contributed by atoms with E-state index in [0.29, 0.717) is 5.92 Å². The molecule has 3 N–H and O–H groups in total. The molecule has 3 unspecified atom stereocenters. The van der Waals surface area contributed by atoms with Gasteiger partial charge in [0.1, 0.15) is 5.75 Å². The van der Waals surface area contributed by atoms with Crippen molar-refractivity contribution in [2.24, 2.45) is 23.6 Å². The number of hydrazine groups is 1. The lowest BCUT2D eigenvalue weighted by atomic mass is 9.96. The molecule has 0 radical (unpaired) electrons. The number of halogens is 1. The number of hydrogen-bond acceptors (Lipinski definition) is 3. The molecule has 0 aliphatic heterocycles. The van der Waals surface area contributed by atoms with Crippen LogP contribution in [0, 0.1) is 17.8 Å². The molecule has 3 rings (SSSR count). The first-order valence-electron chi connectivity index (χ1n) is 6.56. The molecule has 2 aliphatic carbocycles. The molecule has 98 valence electrons. The van der Waals surface area contributed by atoms with Crippen LogP contribution in [0.25, 0.3) is 0 Å². The highest BCUT2D eigenvalue weighted by molar-refractivity contribution is 6.30. The van der Waals surface area contributed by atoms with Crippen molar-refractivity contribution in [3.05, 3.63) is 28.8 Å². The van der Waals surface area contributed by atoms with E-state index in [1.165, 1.54) is 19.3 Å². The minimum atomic E-state index is 0.161. The van der Waals surface area contributed by atoms with Crippen molar-refractivity contribution in [3.8, 4) is 5.75 Å². The van der Waals surface area contributed by atoms with Crippen LogP contribution in [-0.2, 0) is 0 Å². The number of hydrogen-bond donors (Lipinski definition) is 2. The summed E-state index contributed by atoms with van der Waals surface area (Å²) in [5.74, 6) is 8.98. The van der Waals surface area contributed by atoms with E-state index >= 15 is 0 Å². The Kier molecular flexibility index (Phi) is 3.22. The van der Waals surface area contributed by atoms with Gasteiger partial charge < -0.3 is 4.74 Å². The highest BCUT2D eigenvalue weighted by atomic mass is 35.5. The summed E-state index contributed by atoms with van der Waals surface area (Å²) in [5.41, 5.74) is 4.06. The molecule has 2 saturated carbocycles. The van der Waals surface area contributed by atoms with Gasteiger partial charge in [-0.1, -0.05) is 18.0 Å². The quantitative estimate of drug-likeness (QED) is 0.651. The van der Waals surface area contributed by atoms with Crippen LogP contribution in [0.3, 0.4) is 0 Å². The van der Waals surface area contributed by atoms with Crippen LogP contribution in [0.4, 0.5) is 0 Å². The van der Waals surface area contributed by atoms with Crippen molar-refractivity contribution in [1.82, 2.24) is 5.43 Å². The summed E-state index contributed by atoms with van der Waals surface area (Å²) in [4.78, 5) is 0. The molecule has 2 aliphatic rings. The molecular formula is C14H19ClN2O. The zero-order valence-corrected chi connectivity index (χ0v) is 11.3. The molecule has 0 bridgehead atoms. The van der Waals surface area contributed by atoms with Gasteiger partial charge in [-0.05, 0) is 48.8 Å². The smallest absolute Gasteiger partial charge is 0.123 e. The zero-order valence-electron chi connectivity index (χ0n) is 10.5. The van der Waals surface area contributed by atoms with Crippen molar-refractivity contribution in [3.63, 3.8) is 0 Å². The van der Waals surface area contributed by atoms with Crippen molar-refractivity contribution in [2.75, 3.05) is 7.11 Å². The number of nitrogens with one attached hydrogen (secondary N) is 1. The number of methoxy groups -OCH3 is 1. The molecule has 1 aromatic rings. The summed E-state index contributed by atoms with van der Waals surface area (Å²) < 4.78 is 5.43. The Labute approximate surface area is 113 Å². The standard InChI is InChI=1S/C14H19ClN2O/c1-18-12-6-5-8(15)7-11(12)14(17-16)13-9-3-2-4-10(9)13/h5-7,9-10,13-14,17H,2-4,16H2,1H3. The second kappa shape index (κ2) is 4.72. The van der Waals surface area contributed by atoms with Gasteiger partial charge >= 0.3 is 0 Å². The first kappa shape index (κ1) is 12.3. The highest BCUT2D eigenvalue weighted by Gasteiger charge is 2.56. The Morgan fingerprint density at radius 1 is 1.39 bits per heavy atom. The van der Waals surface area contributed by atoms with Gasteiger partial charge in [0.2, 0.25) is 0 Å². The Hall–Kier alpha value is -0.770. The molecule has 3 atom stereocenters. The minimum absolute atomic E-state index is 0.161. The first-order valence-corrected chi connectivity index (χ1v) is 6.93. The monoisotopic (exact) mass is 266 g/mol. The summed E-state index contributed by atoms with van der Waals surface area (Å²) in [6.45, 7) is 0. The fourth-order valence-corrected chi connectivity index (χ4v) is 3.91. The normalized spacial score (nSPS) is 30.9. The van der Waals surface area contributed by atoms with Gasteiger partial charge in [-0.25, -0.2) is 0 Å². The van der Waals surface area contributed by atoms with Gasteiger partial charge in [-0.15, -0.1) is 0 Å². The van der Waals surface area contributed by atoms with Crippen LogP contribution >= 0.6 is 11.6 Å². The predicted octanol–water partition coefficient (Wildman–Crippen LogP) is 2.90. The fourth-order valence-electron chi connectivity index (χ4n) is 3.73. The van der Waals surface area contributed by atoms with Crippen molar-refractivity contribution in [1.29, 1.82) is 0 Å². The van der Waals surface area contributed by atoms with Gasteiger partial charge in [0.25, 0.3) is 0 Å². The lowest BCUT2D eigenvalue weighted by Crippen LogP contribution is -2.31. The van der Waals surface area contributed by atoms with Crippen LogP contribution in [0.5, 0.6) is 5.75 Å². The van der Waals surface area contributed by atoms with E-state index in [4.69, 9.17) is 22.2 Å². The predicted molar refractivity (Wildman–Crippen MR) is 72.4 cm³/mol. The lowest BCUT2D eigenvalue weighted by Gasteiger charge is -2.21. The summed E-state index contributed by atoms with van der Waals surface area (Å²) in [6.07, 6.45) is 4.06. The Morgan fingerprint density at radius 3 is 2.72 bits per heavy atom. The zero-order chi connectivity index (χ0) is 12.7. The van der Waals surface area contributed by atoms with E-state index in [-0.39, 0.29) is 6.04 Å². The van der Waals surface area contributed by atoms with Gasteiger partial charge in [-0.2, -0.15) is 0 Å². The molecule has 0 amide bonds. The summed E-state index contributed by atoms with van der Waals surface area (Å²) in [6, 6.07) is 5.90. The molecule has 2 fully saturated rings. The van der Waals surface area contributed by atoms with E-state index in [1.54, 1.807) is 7.11 Å². The number of rotatable bonds is 4. The third-order valence-corrected chi connectivity index (χ3v) is 4.80. The minimum Gasteiger partial charge on any atom is -0.496 e. The number of fused-ring (bicyclic) bond motifs is 1. The first-order chi connectivity index (χ1) is 8.76. The van der Waals surface area contributed by atoms with Gasteiger partial charge in [0, 0.05) is 10.6 Å². The largest absolute Gasteiger partial charge is 0.496 e. The summed E-state index contributed by atoms with van der Waals surface area (Å²) in [5, 5.41) is 0.733. The molecular weight excluding hydrogens is 248 g/mol. The van der Waals surface area contributed by atoms with E-state index in [1.807, 2.05) is 18.2 Å². The highest BCUT2D eigenvalue weighted by Crippen LogP contribution is 2.62. The maximum absolute atomic E-state index is 6.10. The number of benzene rings is 1. The fraction of sp³-hybridized carbons (Fsp3) is 0.571. The van der Waals surface area contributed by atoms with Crippen molar-refractivity contribution < 1.29 is 4.74 Å². The number of nitrogens with two attached hydrogens (primary N) is 1. The third kappa shape index (κ3) is 1.91. The second-order valence-corrected chi connectivity index (χ2v) is 5.80. The van der Waals surface area contributed by atoms with Crippen LogP contribution in [0.15, 0.2) is 18.2 Å². The maximum Gasteiger partial charge on any atom is 0.123 e. The molecule has 0 saturated heterocycles. The lowest BCUT2D eigenvalue weighted by molar-refractivity contribution is 0.377. The van der Waals surface area contributed by atoms with Crippen molar-refractivity contribution in [2.45, 2.75) is 25.3 Å². The van der Waals surface area contributed by atoms with Crippen LogP contribution in [0.2, 0.25) is 5.02 Å². The maximum atomic E-state index is 6.10. The van der Waals surface area contributed by atoms with E-state index < -0.39 is 0 Å². The van der Waals surface area contributed by atoms with E-state index in [2.05, 4.69) is 5.43 Å². The molecule has 4 heteroatoms. The molecule has 0 aromatic heterocycles. The molecule has 0 spiro atoms. The Balaban J connectivity index is 1.89. The van der Waals surface area contributed by atoms with E-state index in [9.17, 15) is 0 Å². The van der Waals surface area contributed by atoms with Crippen LogP contribution < -0.4 is 16.0 Å². The molecule has 3 nitrogen and oxygen atoms in total. The van der Waals surface area contributed by atoms with Crippen LogP contribution in [-0.4, -0.2) is 7.11 Å². The Bertz CT molecular complexity index is 441. The summed E-state index contributed by atoms with van der Waals surface area (Å²) >= 11 is 6.10. The molecule has 18 heavy (non-hydrogen) atoms. The SMILES string of the molecule is COc1ccc(Cl)cc1C(NN)C1C2CCCC21. The van der Waals surface area contributed by atoms with Gasteiger partial charge in [0.15, 0.2) is 0 Å². The molecule has 0 heterocycles. The summed E-state index contributed by atoms with van der Waals surface area (Å²) in [7, 11) is 1.69. The molecule has 1 aromatic carbocycles. The van der Waals surface area contributed by atoms with Gasteiger partial charge in [-0.3, -0.25) is 11.3 Å². The van der Waals surface area contributed by atoms with E-state index in [0.717, 1.165) is 28.2 Å². The second-order valence-electron chi connectivity index (χ2n) is 5.37. The van der Waals surface area contributed by atoms with Gasteiger partial charge in [0.05, 0.1) is 13.2 Å². The average Bonchev–Trinajstić information content (AvgIpc) is 2.85. The Morgan fingerprint density at radius 2 is 2.11 bits per heavy atom. The topological polar surface area (TPSA) is 47.3 Å². The van der Waals surface area contributed by atoms with Crippen molar-refractivity contribution >= 4 is 11.6 Å². The number of ether oxygens (including phenoxy) is 1. The third-order valence-electron chi connectivity index (χ3n) is 4.56.